The number of aliphatic hydroxyl groups is 3. The monoisotopic (exact) mass is 623 g/mol. The Hall–Kier alpha value is -3.11. The van der Waals surface area contributed by atoms with E-state index in [0.717, 1.165) is 37.0 Å². The molecule has 0 bridgehead atoms. The smallest absolute Gasteiger partial charge is 0.301 e. The number of carbonyl (C=O) groups is 1. The summed E-state index contributed by atoms with van der Waals surface area (Å²) in [5.74, 6) is -0.0420. The minimum absolute atomic E-state index is 0.0664. The van der Waals surface area contributed by atoms with E-state index in [2.05, 4.69) is 20.3 Å². The first-order valence-electron chi connectivity index (χ1n) is 14.2. The lowest BCUT2D eigenvalue weighted by Gasteiger charge is -2.24. The molecule has 14 nitrogen and oxygen atoms in total. The van der Waals surface area contributed by atoms with Crippen molar-refractivity contribution in [3.05, 3.63) is 40.7 Å². The van der Waals surface area contributed by atoms with Crippen LogP contribution in [-0.2, 0) is 15.9 Å². The van der Waals surface area contributed by atoms with Gasteiger partial charge in [-0.25, -0.2) is 9.97 Å². The number of ether oxygens (including phenoxy) is 3. The lowest BCUT2D eigenvalue weighted by atomic mass is 10.0. The summed E-state index contributed by atoms with van der Waals surface area (Å²) >= 11 is 5.80. The van der Waals surface area contributed by atoms with Gasteiger partial charge >= 0.3 is 5.91 Å². The van der Waals surface area contributed by atoms with Crippen molar-refractivity contribution in [2.45, 2.75) is 76.2 Å². The Morgan fingerprint density at radius 3 is 2.58 bits per heavy atom. The van der Waals surface area contributed by atoms with Crippen molar-refractivity contribution < 1.29 is 34.3 Å². The fourth-order valence-electron chi connectivity index (χ4n) is 4.40. The van der Waals surface area contributed by atoms with Gasteiger partial charge in [0.05, 0.1) is 24.9 Å². The molecule has 2 aromatic rings. The SMILES string of the molecule is C[C@@H]1OC[C@H](C[C@@H](O)[C@H](O)[C@@H](O)CNCCOc2ccc(CCCCCC(N)=NC(=O)c3nc(Cl)c(N)nc3N)cc2)O1. The van der Waals surface area contributed by atoms with Crippen molar-refractivity contribution in [2.24, 2.45) is 10.7 Å². The maximum absolute atomic E-state index is 12.3. The number of amides is 1. The van der Waals surface area contributed by atoms with Crippen LogP contribution in [0.1, 0.15) is 55.1 Å². The van der Waals surface area contributed by atoms with Gasteiger partial charge < -0.3 is 52.0 Å². The topological polar surface area (TPSA) is 234 Å². The summed E-state index contributed by atoms with van der Waals surface area (Å²) in [5.41, 5.74) is 18.1. The van der Waals surface area contributed by atoms with Gasteiger partial charge in [-0.3, -0.25) is 4.79 Å². The van der Waals surface area contributed by atoms with Crippen LogP contribution in [0.3, 0.4) is 0 Å². The molecule has 3 rings (SSSR count). The average Bonchev–Trinajstić information content (AvgIpc) is 3.38. The van der Waals surface area contributed by atoms with E-state index in [-0.39, 0.29) is 53.7 Å². The lowest BCUT2D eigenvalue weighted by Crippen LogP contribution is -2.45. The fourth-order valence-corrected chi connectivity index (χ4v) is 4.52. The minimum Gasteiger partial charge on any atom is -0.492 e. The molecule has 0 unspecified atom stereocenters. The number of nitrogens with zero attached hydrogens (tertiary/aromatic N) is 3. The zero-order chi connectivity index (χ0) is 31.4. The molecule has 1 saturated heterocycles. The molecule has 1 aliphatic rings. The standard InChI is InChI=1S/C28H42ClN7O7/c1-16-42-15-19(43-16)13-20(37)24(39)21(38)14-33-11-12-41-18-9-7-17(8-10-18)5-3-2-4-6-22(30)34-28(40)23-26(31)36-27(32)25(29)35-23/h7-10,16,19-21,24,33,37-39H,2-6,11-15H2,1H3,(H2,30,34,40)(H4,31,32,36)/t16-,19+,20-,21+,24+/m1/s1. The molecule has 0 saturated carbocycles. The number of aryl methyl sites for hydroxylation is 1. The number of nitrogens with one attached hydrogen (secondary N) is 1. The number of hydrogen-bond donors (Lipinski definition) is 7. The van der Waals surface area contributed by atoms with Crippen molar-refractivity contribution in [3.63, 3.8) is 0 Å². The highest BCUT2D eigenvalue weighted by molar-refractivity contribution is 6.31. The van der Waals surface area contributed by atoms with Gasteiger partial charge in [0.25, 0.3) is 0 Å². The highest BCUT2D eigenvalue weighted by atomic mass is 35.5. The molecule has 238 valence electrons. The van der Waals surface area contributed by atoms with E-state index in [9.17, 15) is 20.1 Å². The number of benzene rings is 1. The van der Waals surface area contributed by atoms with Gasteiger partial charge in [0, 0.05) is 25.9 Å². The molecule has 43 heavy (non-hydrogen) atoms. The van der Waals surface area contributed by atoms with Gasteiger partial charge in [0.1, 0.15) is 24.3 Å². The van der Waals surface area contributed by atoms with E-state index in [4.69, 9.17) is 43.0 Å². The summed E-state index contributed by atoms with van der Waals surface area (Å²) in [6.45, 7) is 3.04. The Bertz CT molecular complexity index is 1200. The predicted octanol–water partition coefficient (Wildman–Crippen LogP) is 0.798. The van der Waals surface area contributed by atoms with Crippen molar-refractivity contribution in [2.75, 3.05) is 37.8 Å². The quantitative estimate of drug-likeness (QED) is 0.0734. The summed E-state index contributed by atoms with van der Waals surface area (Å²) in [4.78, 5) is 23.7. The van der Waals surface area contributed by atoms with Crippen LogP contribution in [0.2, 0.25) is 5.15 Å². The number of halogens is 1. The van der Waals surface area contributed by atoms with E-state index in [0.29, 0.717) is 26.2 Å². The van der Waals surface area contributed by atoms with E-state index in [1.165, 1.54) is 0 Å². The molecule has 1 amide bonds. The molecule has 15 heteroatoms. The summed E-state index contributed by atoms with van der Waals surface area (Å²) in [5, 5.41) is 33.4. The Labute approximate surface area is 255 Å². The second-order valence-electron chi connectivity index (χ2n) is 10.3. The second-order valence-corrected chi connectivity index (χ2v) is 10.7. The average molecular weight is 624 g/mol. The predicted molar refractivity (Wildman–Crippen MR) is 162 cm³/mol. The first-order chi connectivity index (χ1) is 20.5. The van der Waals surface area contributed by atoms with E-state index < -0.39 is 24.2 Å². The Morgan fingerprint density at radius 2 is 1.88 bits per heavy atom. The van der Waals surface area contributed by atoms with Crippen LogP contribution in [-0.4, -0.2) is 94.0 Å². The maximum atomic E-state index is 12.3. The van der Waals surface area contributed by atoms with Gasteiger partial charge in [-0.05, 0) is 43.9 Å². The number of amidine groups is 1. The Kier molecular flexibility index (Phi) is 13.8. The van der Waals surface area contributed by atoms with Gasteiger partial charge in [-0.2, -0.15) is 4.99 Å². The highest BCUT2D eigenvalue weighted by Crippen LogP contribution is 2.19. The molecular formula is C28H42ClN7O7. The van der Waals surface area contributed by atoms with Crippen molar-refractivity contribution >= 4 is 35.0 Å². The van der Waals surface area contributed by atoms with Crippen LogP contribution in [0.4, 0.5) is 11.6 Å². The third kappa shape index (κ3) is 11.5. The molecule has 0 aliphatic carbocycles. The number of carbonyl (C=O) groups excluding carboxylic acids is 1. The molecule has 2 heterocycles. The van der Waals surface area contributed by atoms with Gasteiger partial charge in [0.2, 0.25) is 0 Å². The Morgan fingerprint density at radius 1 is 1.14 bits per heavy atom. The molecule has 1 aromatic heterocycles. The lowest BCUT2D eigenvalue weighted by molar-refractivity contribution is -0.0847. The van der Waals surface area contributed by atoms with Crippen LogP contribution in [0.5, 0.6) is 5.75 Å². The number of nitrogen functional groups attached to an aromatic ring is 2. The number of aliphatic hydroxyl groups excluding tert-OH is 3. The van der Waals surface area contributed by atoms with Crippen LogP contribution < -0.4 is 27.3 Å². The van der Waals surface area contributed by atoms with Gasteiger partial charge in [-0.1, -0.05) is 30.2 Å². The molecule has 1 fully saturated rings. The van der Waals surface area contributed by atoms with Crippen LogP contribution in [0, 0.1) is 0 Å². The summed E-state index contributed by atoms with van der Waals surface area (Å²) < 4.78 is 16.5. The van der Waals surface area contributed by atoms with Gasteiger partial charge in [0.15, 0.2) is 28.8 Å². The second kappa shape index (κ2) is 17.3. The van der Waals surface area contributed by atoms with Gasteiger partial charge in [-0.15, -0.1) is 0 Å². The number of hydrogen-bond acceptors (Lipinski definition) is 12. The molecule has 10 N–H and O–H groups in total. The largest absolute Gasteiger partial charge is 0.492 e. The van der Waals surface area contributed by atoms with Crippen molar-refractivity contribution in [1.82, 2.24) is 15.3 Å². The summed E-state index contributed by atoms with van der Waals surface area (Å²) in [6, 6.07) is 7.80. The van der Waals surface area contributed by atoms with E-state index in [1.807, 2.05) is 24.3 Å². The zero-order valence-electron chi connectivity index (χ0n) is 24.2. The molecule has 0 radical (unpaired) electrons. The van der Waals surface area contributed by atoms with Crippen molar-refractivity contribution in [1.29, 1.82) is 0 Å². The summed E-state index contributed by atoms with van der Waals surface area (Å²) in [6.07, 6.45) is -0.105. The third-order valence-electron chi connectivity index (χ3n) is 6.77. The number of unbranched alkanes of at least 4 members (excludes halogenated alkanes) is 2. The molecule has 0 spiro atoms. The molecule has 1 aromatic carbocycles. The number of rotatable bonds is 17. The third-order valence-corrected chi connectivity index (χ3v) is 7.05. The molecule has 1 aliphatic heterocycles. The van der Waals surface area contributed by atoms with Crippen LogP contribution in [0.25, 0.3) is 0 Å². The normalized spacial score (nSPS) is 19.2. The molecule has 5 atom stereocenters. The van der Waals surface area contributed by atoms with Crippen LogP contribution in [0.15, 0.2) is 29.3 Å². The van der Waals surface area contributed by atoms with Crippen molar-refractivity contribution in [3.8, 4) is 5.75 Å². The number of nitrogens with two attached hydrogens (primary N) is 3. The number of anilines is 2. The number of aromatic nitrogens is 2. The zero-order valence-corrected chi connectivity index (χ0v) is 24.9. The van der Waals surface area contributed by atoms with E-state index >= 15 is 0 Å². The van der Waals surface area contributed by atoms with Crippen LogP contribution >= 0.6 is 11.6 Å². The van der Waals surface area contributed by atoms with E-state index in [1.54, 1.807) is 6.92 Å². The first-order valence-corrected chi connectivity index (χ1v) is 14.6. The maximum Gasteiger partial charge on any atom is 0.301 e. The molecular weight excluding hydrogens is 582 g/mol. The summed E-state index contributed by atoms with van der Waals surface area (Å²) in [7, 11) is 0. The first kappa shape index (κ1) is 34.4. The Balaban J connectivity index is 1.25. The number of aliphatic imine (C=N–C) groups is 1. The minimum atomic E-state index is -1.30. The highest BCUT2D eigenvalue weighted by Gasteiger charge is 2.31. The fraction of sp³-hybridized carbons (Fsp3) is 0.571.